The molecule has 0 radical (unpaired) electrons. The number of hydrogen-bond acceptors (Lipinski definition) is 4. The van der Waals surface area contributed by atoms with Crippen LogP contribution in [0.3, 0.4) is 0 Å². The highest BCUT2D eigenvalue weighted by Crippen LogP contribution is 2.33. The molecule has 15 heavy (non-hydrogen) atoms. The van der Waals surface area contributed by atoms with Gasteiger partial charge in [-0.2, -0.15) is 5.10 Å². The lowest BCUT2D eigenvalue weighted by Gasteiger charge is -2.14. The summed E-state index contributed by atoms with van der Waals surface area (Å²) in [7, 11) is 0. The van der Waals surface area contributed by atoms with Crippen molar-refractivity contribution in [3.63, 3.8) is 0 Å². The van der Waals surface area contributed by atoms with E-state index in [9.17, 15) is 0 Å². The molecule has 1 heterocycles. The number of nitrogens with zero attached hydrogens (tertiary/aromatic N) is 2. The molecule has 1 aliphatic rings. The van der Waals surface area contributed by atoms with Gasteiger partial charge < -0.3 is 11.1 Å². The first-order valence-corrected chi connectivity index (χ1v) is 5.47. The molecule has 1 unspecified atom stereocenters. The first kappa shape index (κ1) is 10.3. The maximum Gasteiger partial charge on any atom is 0.159 e. The van der Waals surface area contributed by atoms with Gasteiger partial charge in [0.1, 0.15) is 4.99 Å². The lowest BCUT2D eigenvalue weighted by Crippen LogP contribution is -2.22. The Morgan fingerprint density at radius 2 is 2.40 bits per heavy atom. The van der Waals surface area contributed by atoms with E-state index in [0.717, 1.165) is 11.5 Å². The van der Waals surface area contributed by atoms with Crippen molar-refractivity contribution >= 4 is 23.0 Å². The van der Waals surface area contributed by atoms with Gasteiger partial charge in [-0.1, -0.05) is 12.2 Å². The smallest absolute Gasteiger partial charge is 0.159 e. The van der Waals surface area contributed by atoms with E-state index in [0.29, 0.717) is 16.8 Å². The molecule has 3 N–H and O–H groups in total. The van der Waals surface area contributed by atoms with Crippen molar-refractivity contribution in [1.82, 2.24) is 10.2 Å². The van der Waals surface area contributed by atoms with Gasteiger partial charge in [-0.3, -0.25) is 0 Å². The van der Waals surface area contributed by atoms with Crippen molar-refractivity contribution < 1.29 is 0 Å². The standard InChI is InChI=1S/C10H14N4S/c1-6(7-2-3-7)13-10-8(9(11)15)4-5-12-14-10/h4-7H,2-3H2,1H3,(H2,11,15)(H,13,14). The fraction of sp³-hybridized carbons (Fsp3) is 0.500. The zero-order valence-electron chi connectivity index (χ0n) is 8.60. The minimum atomic E-state index is 0.357. The summed E-state index contributed by atoms with van der Waals surface area (Å²) >= 11 is 4.95. The van der Waals surface area contributed by atoms with Gasteiger partial charge in [-0.25, -0.2) is 0 Å². The molecule has 0 spiro atoms. The highest BCUT2D eigenvalue weighted by atomic mass is 32.1. The Morgan fingerprint density at radius 1 is 1.67 bits per heavy atom. The van der Waals surface area contributed by atoms with E-state index in [1.165, 1.54) is 12.8 Å². The second-order valence-corrected chi connectivity index (χ2v) is 4.37. The van der Waals surface area contributed by atoms with Crippen molar-refractivity contribution in [2.45, 2.75) is 25.8 Å². The van der Waals surface area contributed by atoms with Crippen molar-refractivity contribution in [2.75, 3.05) is 5.32 Å². The SMILES string of the molecule is CC(Nc1nnccc1C(N)=S)C1CC1. The maximum atomic E-state index is 5.61. The summed E-state index contributed by atoms with van der Waals surface area (Å²) in [5.74, 6) is 1.45. The van der Waals surface area contributed by atoms with Crippen LogP contribution in [0.5, 0.6) is 0 Å². The molecule has 0 saturated heterocycles. The van der Waals surface area contributed by atoms with Crippen LogP contribution in [0.4, 0.5) is 5.82 Å². The van der Waals surface area contributed by atoms with Gasteiger partial charge >= 0.3 is 0 Å². The molecule has 5 heteroatoms. The fourth-order valence-electron chi connectivity index (χ4n) is 1.57. The summed E-state index contributed by atoms with van der Waals surface area (Å²) in [4.78, 5) is 0.357. The molecule has 1 saturated carbocycles. The number of rotatable bonds is 4. The van der Waals surface area contributed by atoms with Crippen LogP contribution in [-0.2, 0) is 0 Å². The van der Waals surface area contributed by atoms with Crippen LogP contribution in [0.2, 0.25) is 0 Å². The molecule has 0 aliphatic heterocycles. The number of aromatic nitrogens is 2. The number of nitrogens with one attached hydrogen (secondary N) is 1. The molecule has 1 aliphatic carbocycles. The molecule has 0 amide bonds. The number of anilines is 1. The van der Waals surface area contributed by atoms with Crippen LogP contribution in [0.25, 0.3) is 0 Å². The van der Waals surface area contributed by atoms with Crippen LogP contribution in [-0.4, -0.2) is 21.2 Å². The summed E-state index contributed by atoms with van der Waals surface area (Å²) in [5.41, 5.74) is 6.38. The Morgan fingerprint density at radius 3 is 3.00 bits per heavy atom. The van der Waals surface area contributed by atoms with Crippen molar-refractivity contribution in [1.29, 1.82) is 0 Å². The zero-order chi connectivity index (χ0) is 10.8. The monoisotopic (exact) mass is 222 g/mol. The second kappa shape index (κ2) is 4.10. The van der Waals surface area contributed by atoms with Gasteiger partial charge in [0.25, 0.3) is 0 Å². The molecule has 1 aromatic rings. The fourth-order valence-corrected chi connectivity index (χ4v) is 1.73. The second-order valence-electron chi connectivity index (χ2n) is 3.93. The molecule has 1 fully saturated rings. The Labute approximate surface area is 94.3 Å². The molecule has 0 bridgehead atoms. The average Bonchev–Trinajstić information content (AvgIpc) is 3.01. The minimum absolute atomic E-state index is 0.357. The van der Waals surface area contributed by atoms with Crippen molar-refractivity contribution in [2.24, 2.45) is 11.7 Å². The lowest BCUT2D eigenvalue weighted by atomic mass is 10.2. The van der Waals surface area contributed by atoms with Crippen LogP contribution in [0.15, 0.2) is 12.3 Å². The van der Waals surface area contributed by atoms with Gasteiger partial charge in [0, 0.05) is 6.04 Å². The maximum absolute atomic E-state index is 5.61. The molecular weight excluding hydrogens is 208 g/mol. The summed E-state index contributed by atoms with van der Waals surface area (Å²) in [6, 6.07) is 2.20. The number of nitrogens with two attached hydrogens (primary N) is 1. The molecule has 4 nitrogen and oxygen atoms in total. The predicted molar refractivity (Wildman–Crippen MR) is 63.7 cm³/mol. The normalized spacial score (nSPS) is 17.1. The average molecular weight is 222 g/mol. The van der Waals surface area contributed by atoms with E-state index >= 15 is 0 Å². The van der Waals surface area contributed by atoms with Gasteiger partial charge in [-0.15, -0.1) is 5.10 Å². The molecule has 2 rings (SSSR count). The van der Waals surface area contributed by atoms with E-state index in [4.69, 9.17) is 18.0 Å². The highest BCUT2D eigenvalue weighted by molar-refractivity contribution is 7.80. The summed E-state index contributed by atoms with van der Waals surface area (Å²) < 4.78 is 0. The Hall–Kier alpha value is -1.23. The largest absolute Gasteiger partial charge is 0.389 e. The predicted octanol–water partition coefficient (Wildman–Crippen LogP) is 1.32. The summed E-state index contributed by atoms with van der Waals surface area (Å²) in [6.07, 6.45) is 4.18. The van der Waals surface area contributed by atoms with Crippen LogP contribution < -0.4 is 11.1 Å². The Balaban J connectivity index is 2.15. The number of thiocarbonyl (C=S) groups is 1. The van der Waals surface area contributed by atoms with Gasteiger partial charge in [0.05, 0.1) is 11.8 Å². The lowest BCUT2D eigenvalue weighted by molar-refractivity contribution is 0.688. The zero-order valence-corrected chi connectivity index (χ0v) is 9.42. The minimum Gasteiger partial charge on any atom is -0.389 e. The third-order valence-electron chi connectivity index (χ3n) is 2.68. The van der Waals surface area contributed by atoms with Crippen molar-refractivity contribution in [3.05, 3.63) is 17.8 Å². The first-order chi connectivity index (χ1) is 7.18. The Kier molecular flexibility index (Phi) is 2.81. The van der Waals surface area contributed by atoms with Crippen LogP contribution in [0.1, 0.15) is 25.3 Å². The molecule has 1 aromatic heterocycles. The van der Waals surface area contributed by atoms with Gasteiger partial charge in [-0.05, 0) is 31.7 Å². The molecule has 80 valence electrons. The van der Waals surface area contributed by atoms with Gasteiger partial charge in [0.15, 0.2) is 5.82 Å². The van der Waals surface area contributed by atoms with Crippen LogP contribution >= 0.6 is 12.2 Å². The molecular formula is C10H14N4S. The summed E-state index contributed by atoms with van der Waals surface area (Å²) in [5, 5.41) is 11.2. The molecule has 0 aromatic carbocycles. The molecule has 1 atom stereocenters. The van der Waals surface area contributed by atoms with E-state index in [2.05, 4.69) is 22.4 Å². The topological polar surface area (TPSA) is 63.8 Å². The Bertz CT molecular complexity index is 375. The van der Waals surface area contributed by atoms with E-state index in [1.807, 2.05) is 0 Å². The third-order valence-corrected chi connectivity index (χ3v) is 2.90. The van der Waals surface area contributed by atoms with Crippen LogP contribution in [0, 0.1) is 5.92 Å². The summed E-state index contributed by atoms with van der Waals surface area (Å²) in [6.45, 7) is 2.15. The third kappa shape index (κ3) is 2.41. The number of hydrogen-bond donors (Lipinski definition) is 2. The van der Waals surface area contributed by atoms with E-state index in [-0.39, 0.29) is 0 Å². The van der Waals surface area contributed by atoms with E-state index < -0.39 is 0 Å². The quantitative estimate of drug-likeness (QED) is 0.752. The van der Waals surface area contributed by atoms with Crippen molar-refractivity contribution in [3.8, 4) is 0 Å². The van der Waals surface area contributed by atoms with Gasteiger partial charge in [0.2, 0.25) is 0 Å². The first-order valence-electron chi connectivity index (χ1n) is 5.06. The van der Waals surface area contributed by atoms with E-state index in [1.54, 1.807) is 12.3 Å². The highest BCUT2D eigenvalue weighted by Gasteiger charge is 2.28.